The molecule has 1 amide bonds. The highest BCUT2D eigenvalue weighted by Gasteiger charge is 2.53. The third kappa shape index (κ3) is 6.35. The standard InChI is InChI=1S/C21H34BN3O4.C2H6.FH/c1-8-21(7)20(5,6)28-22(29-21)16-9-10-17(23-15-16)24-11-13-25(14-12-24)18(26)27-19(2,3)4;1-2;/h9-10,15H,8,11-14H2,1-7H3;1-2H3;1H. The number of carbonyl (C=O) groups is 1. The number of piperazine rings is 1. The fraction of sp³-hybridized carbons (Fsp3) is 0.739. The van der Waals surface area contributed by atoms with E-state index in [-0.39, 0.29) is 22.0 Å². The van der Waals surface area contributed by atoms with Crippen LogP contribution in [0.4, 0.5) is 15.3 Å². The lowest BCUT2D eigenvalue weighted by Gasteiger charge is -2.36. The van der Waals surface area contributed by atoms with Gasteiger partial charge >= 0.3 is 13.2 Å². The van der Waals surface area contributed by atoms with Gasteiger partial charge in [0, 0.05) is 37.8 Å². The van der Waals surface area contributed by atoms with E-state index in [9.17, 15) is 4.79 Å². The molecule has 2 aliphatic rings. The summed E-state index contributed by atoms with van der Waals surface area (Å²) in [6.45, 7) is 20.7. The van der Waals surface area contributed by atoms with Crippen LogP contribution in [0.15, 0.2) is 18.3 Å². The summed E-state index contributed by atoms with van der Waals surface area (Å²) in [7, 11) is -0.402. The maximum Gasteiger partial charge on any atom is 0.496 e. The fourth-order valence-corrected chi connectivity index (χ4v) is 3.61. The molecule has 0 N–H and O–H groups in total. The van der Waals surface area contributed by atoms with E-state index >= 15 is 0 Å². The largest absolute Gasteiger partial charge is 0.496 e. The van der Waals surface area contributed by atoms with E-state index in [0.29, 0.717) is 13.1 Å². The van der Waals surface area contributed by atoms with Crippen molar-refractivity contribution in [2.24, 2.45) is 0 Å². The van der Waals surface area contributed by atoms with Crippen molar-refractivity contribution >= 4 is 24.5 Å². The molecule has 0 aromatic carbocycles. The molecule has 182 valence electrons. The summed E-state index contributed by atoms with van der Waals surface area (Å²) in [5.41, 5.74) is -0.234. The second kappa shape index (κ2) is 10.8. The molecule has 1 aromatic heterocycles. The Hall–Kier alpha value is -1.87. The molecule has 9 heteroatoms. The van der Waals surface area contributed by atoms with Crippen molar-refractivity contribution < 1.29 is 23.5 Å². The fourth-order valence-electron chi connectivity index (χ4n) is 3.61. The second-order valence-electron chi connectivity index (χ2n) is 9.57. The summed E-state index contributed by atoms with van der Waals surface area (Å²) in [6, 6.07) is 4.02. The van der Waals surface area contributed by atoms with E-state index in [0.717, 1.165) is 30.8 Å². The molecule has 3 heterocycles. The van der Waals surface area contributed by atoms with Gasteiger partial charge in [-0.05, 0) is 54.0 Å². The molecule has 1 atom stereocenters. The Bertz CT molecular complexity index is 734. The predicted molar refractivity (Wildman–Crippen MR) is 128 cm³/mol. The number of rotatable bonds is 3. The van der Waals surface area contributed by atoms with Crippen molar-refractivity contribution in [3.63, 3.8) is 0 Å². The first-order chi connectivity index (χ1) is 14.4. The minimum atomic E-state index is -0.474. The first-order valence-corrected chi connectivity index (χ1v) is 11.5. The topological polar surface area (TPSA) is 64.1 Å². The molecule has 1 unspecified atom stereocenters. The van der Waals surface area contributed by atoms with Crippen LogP contribution in [0.25, 0.3) is 0 Å². The zero-order chi connectivity index (χ0) is 23.4. The van der Waals surface area contributed by atoms with Gasteiger partial charge in [0.1, 0.15) is 11.4 Å². The van der Waals surface area contributed by atoms with Gasteiger partial charge < -0.3 is 23.8 Å². The average Bonchev–Trinajstić information content (AvgIpc) is 2.98. The van der Waals surface area contributed by atoms with Crippen LogP contribution in [0.1, 0.15) is 68.7 Å². The Morgan fingerprint density at radius 1 is 1.12 bits per heavy atom. The van der Waals surface area contributed by atoms with Crippen molar-refractivity contribution in [3.05, 3.63) is 18.3 Å². The Labute approximate surface area is 193 Å². The van der Waals surface area contributed by atoms with E-state index in [1.165, 1.54) is 0 Å². The first-order valence-electron chi connectivity index (χ1n) is 11.5. The summed E-state index contributed by atoms with van der Waals surface area (Å²) in [5, 5.41) is 0. The molecule has 0 radical (unpaired) electrons. The van der Waals surface area contributed by atoms with Crippen LogP contribution in [0, 0.1) is 0 Å². The Morgan fingerprint density at radius 2 is 1.72 bits per heavy atom. The lowest BCUT2D eigenvalue weighted by atomic mass is 9.80. The molecule has 1 aromatic rings. The van der Waals surface area contributed by atoms with Gasteiger partial charge in [0.25, 0.3) is 0 Å². The van der Waals surface area contributed by atoms with Gasteiger partial charge in [-0.25, -0.2) is 9.78 Å². The summed E-state index contributed by atoms with van der Waals surface area (Å²) >= 11 is 0. The molecule has 0 spiro atoms. The number of amides is 1. The molecule has 7 nitrogen and oxygen atoms in total. The van der Waals surface area contributed by atoms with Gasteiger partial charge in [-0.15, -0.1) is 0 Å². The van der Waals surface area contributed by atoms with Gasteiger partial charge in [0.15, 0.2) is 0 Å². The first kappa shape index (κ1) is 28.2. The molecule has 2 aliphatic heterocycles. The van der Waals surface area contributed by atoms with Gasteiger partial charge in [-0.3, -0.25) is 4.70 Å². The lowest BCUT2D eigenvalue weighted by Crippen LogP contribution is -2.50. The summed E-state index contributed by atoms with van der Waals surface area (Å²) < 4.78 is 17.9. The number of halogens is 1. The van der Waals surface area contributed by atoms with E-state index in [1.54, 1.807) is 4.90 Å². The number of hydrogen-bond acceptors (Lipinski definition) is 6. The molecule has 0 saturated carbocycles. The van der Waals surface area contributed by atoms with Crippen LogP contribution in [-0.2, 0) is 14.0 Å². The maximum atomic E-state index is 12.2. The quantitative estimate of drug-likeness (QED) is 0.645. The number of nitrogens with zero attached hydrogens (tertiary/aromatic N) is 3. The minimum Gasteiger partial charge on any atom is -0.444 e. The number of aromatic nitrogens is 1. The summed E-state index contributed by atoms with van der Waals surface area (Å²) in [5.74, 6) is 0.896. The minimum absolute atomic E-state index is 0. The highest BCUT2D eigenvalue weighted by molar-refractivity contribution is 6.62. The number of ether oxygens (including phenoxy) is 1. The van der Waals surface area contributed by atoms with Crippen LogP contribution < -0.4 is 10.4 Å². The Morgan fingerprint density at radius 3 is 2.16 bits per heavy atom. The van der Waals surface area contributed by atoms with Crippen molar-refractivity contribution in [3.8, 4) is 0 Å². The number of anilines is 1. The third-order valence-corrected chi connectivity index (χ3v) is 6.02. The monoisotopic (exact) mass is 453 g/mol. The van der Waals surface area contributed by atoms with Crippen molar-refractivity contribution in [2.45, 2.75) is 85.5 Å². The highest BCUT2D eigenvalue weighted by Crippen LogP contribution is 2.39. The zero-order valence-electron chi connectivity index (χ0n) is 21.2. The summed E-state index contributed by atoms with van der Waals surface area (Å²) in [6.07, 6.45) is 2.46. The number of hydrogen-bond donors (Lipinski definition) is 0. The average molecular weight is 453 g/mol. The molecule has 32 heavy (non-hydrogen) atoms. The van der Waals surface area contributed by atoms with Crippen LogP contribution in [-0.4, -0.2) is 66.1 Å². The molecule has 2 fully saturated rings. The molecule has 3 rings (SSSR count). The number of pyridine rings is 1. The second-order valence-corrected chi connectivity index (χ2v) is 9.57. The van der Waals surface area contributed by atoms with Gasteiger partial charge in [0.2, 0.25) is 0 Å². The van der Waals surface area contributed by atoms with E-state index in [4.69, 9.17) is 14.0 Å². The normalized spacial score (nSPS) is 22.6. The highest BCUT2D eigenvalue weighted by atomic mass is 19.0. The van der Waals surface area contributed by atoms with Crippen molar-refractivity contribution in [1.29, 1.82) is 0 Å². The summed E-state index contributed by atoms with van der Waals surface area (Å²) in [4.78, 5) is 20.8. The van der Waals surface area contributed by atoms with Crippen molar-refractivity contribution in [2.75, 3.05) is 31.1 Å². The van der Waals surface area contributed by atoms with E-state index in [2.05, 4.69) is 37.6 Å². The molecule has 0 aliphatic carbocycles. The molecular formula is C23H41BFN3O4. The molecule has 2 saturated heterocycles. The van der Waals surface area contributed by atoms with Gasteiger partial charge in [0.05, 0.1) is 11.2 Å². The van der Waals surface area contributed by atoms with Gasteiger partial charge in [-0.2, -0.15) is 0 Å². The number of carbonyl (C=O) groups excluding carboxylic acids is 1. The SMILES string of the molecule is CC.CCC1(C)OB(c2ccc(N3CCN(C(=O)OC(C)(C)C)CC3)nc2)OC1(C)C.F. The predicted octanol–water partition coefficient (Wildman–Crippen LogP) is 4.01. The van der Waals surface area contributed by atoms with E-state index < -0.39 is 12.7 Å². The van der Waals surface area contributed by atoms with Gasteiger partial charge in [-0.1, -0.05) is 26.8 Å². The van der Waals surface area contributed by atoms with Crippen molar-refractivity contribution in [1.82, 2.24) is 9.88 Å². The molecular weight excluding hydrogens is 412 g/mol. The maximum absolute atomic E-state index is 12.2. The van der Waals surface area contributed by atoms with Crippen LogP contribution >= 0.6 is 0 Å². The third-order valence-electron chi connectivity index (χ3n) is 6.02. The van der Waals surface area contributed by atoms with Crippen LogP contribution in [0.5, 0.6) is 0 Å². The smallest absolute Gasteiger partial charge is 0.444 e. The molecule has 0 bridgehead atoms. The zero-order valence-corrected chi connectivity index (χ0v) is 21.2. The lowest BCUT2D eigenvalue weighted by molar-refractivity contribution is -0.0118. The van der Waals surface area contributed by atoms with Crippen LogP contribution in [0.3, 0.4) is 0 Å². The Balaban J connectivity index is 0.00000166. The van der Waals surface area contributed by atoms with E-state index in [1.807, 2.05) is 52.9 Å². The Kier molecular flexibility index (Phi) is 9.54. The van der Waals surface area contributed by atoms with Crippen LogP contribution in [0.2, 0.25) is 0 Å².